The van der Waals surface area contributed by atoms with Gasteiger partial charge in [-0.25, -0.2) is 12.8 Å². The number of hydrogen-bond donors (Lipinski definition) is 2. The molecule has 1 atom stereocenters. The number of nitrogens with one attached hydrogen (secondary N) is 1. The smallest absolute Gasteiger partial charge is 0.322 e. The summed E-state index contributed by atoms with van der Waals surface area (Å²) in [6, 6.07) is 10.1. The number of halogens is 1. The van der Waals surface area contributed by atoms with Crippen LogP contribution >= 0.6 is 0 Å². The molecule has 0 radical (unpaired) electrons. The zero-order valence-electron chi connectivity index (χ0n) is 12.4. The number of sulfonamides is 1. The molecule has 2 N–H and O–H groups in total. The Morgan fingerprint density at radius 1 is 1.22 bits per heavy atom. The number of aryl methyl sites for hydroxylation is 1. The van der Waals surface area contributed by atoms with Crippen LogP contribution in [0.25, 0.3) is 0 Å². The minimum Gasteiger partial charge on any atom is -0.480 e. The van der Waals surface area contributed by atoms with E-state index in [1.165, 1.54) is 30.3 Å². The summed E-state index contributed by atoms with van der Waals surface area (Å²) in [4.78, 5) is 11.3. The number of hydrogen-bond acceptors (Lipinski definition) is 3. The van der Waals surface area contributed by atoms with Crippen LogP contribution in [0.1, 0.15) is 11.1 Å². The summed E-state index contributed by atoms with van der Waals surface area (Å²) in [6.45, 7) is 1.81. The Morgan fingerprint density at radius 3 is 2.43 bits per heavy atom. The molecular formula is C16H16FNO4S. The molecule has 5 nitrogen and oxygen atoms in total. The van der Waals surface area contributed by atoms with Gasteiger partial charge in [0, 0.05) is 0 Å². The van der Waals surface area contributed by atoms with Crippen molar-refractivity contribution in [3.8, 4) is 0 Å². The molecule has 2 aromatic carbocycles. The quantitative estimate of drug-likeness (QED) is 0.846. The number of rotatable bonds is 6. The minimum absolute atomic E-state index is 0.0198. The van der Waals surface area contributed by atoms with E-state index in [1.807, 2.05) is 6.92 Å². The first-order chi connectivity index (χ1) is 10.8. The maximum Gasteiger partial charge on any atom is 0.322 e. The van der Waals surface area contributed by atoms with E-state index in [4.69, 9.17) is 0 Å². The molecule has 0 unspecified atom stereocenters. The van der Waals surface area contributed by atoms with Crippen LogP contribution in [0.15, 0.2) is 53.4 Å². The monoisotopic (exact) mass is 337 g/mol. The van der Waals surface area contributed by atoms with Crippen LogP contribution < -0.4 is 4.72 Å². The van der Waals surface area contributed by atoms with E-state index in [1.54, 1.807) is 18.2 Å². The van der Waals surface area contributed by atoms with E-state index in [2.05, 4.69) is 4.72 Å². The van der Waals surface area contributed by atoms with Gasteiger partial charge in [-0.05, 0) is 43.2 Å². The van der Waals surface area contributed by atoms with Gasteiger partial charge in [-0.1, -0.05) is 29.8 Å². The number of aliphatic carboxylic acids is 1. The molecule has 0 saturated carbocycles. The Labute approximate surface area is 133 Å². The standard InChI is InChI=1S/C16H16FNO4S/c1-11-5-7-14(8-6-11)23(21,22)18-15(16(19)20)10-12-3-2-4-13(17)9-12/h2-9,15,18H,10H2,1H3,(H,19,20)/t15-/m1/s1. The highest BCUT2D eigenvalue weighted by Crippen LogP contribution is 2.13. The lowest BCUT2D eigenvalue weighted by Crippen LogP contribution is -2.42. The third kappa shape index (κ3) is 4.61. The van der Waals surface area contributed by atoms with Crippen molar-refractivity contribution >= 4 is 16.0 Å². The molecule has 0 aliphatic carbocycles. The summed E-state index contributed by atoms with van der Waals surface area (Å²) in [7, 11) is -3.98. The predicted molar refractivity (Wildman–Crippen MR) is 83.0 cm³/mol. The van der Waals surface area contributed by atoms with Gasteiger partial charge in [0.2, 0.25) is 10.0 Å². The second-order valence-corrected chi connectivity index (χ2v) is 6.87. The molecule has 0 saturated heterocycles. The van der Waals surface area contributed by atoms with Crippen molar-refractivity contribution < 1.29 is 22.7 Å². The summed E-state index contributed by atoms with van der Waals surface area (Å²) in [5, 5.41) is 9.24. The summed E-state index contributed by atoms with van der Waals surface area (Å²) in [5.41, 5.74) is 1.28. The lowest BCUT2D eigenvalue weighted by molar-refractivity contribution is -0.138. The van der Waals surface area contributed by atoms with Crippen LogP contribution in [-0.4, -0.2) is 25.5 Å². The molecule has 122 valence electrons. The first-order valence-electron chi connectivity index (χ1n) is 6.84. The number of carboxylic acids is 1. The molecule has 0 aliphatic rings. The number of carboxylic acid groups (broad SMARTS) is 1. The first-order valence-corrected chi connectivity index (χ1v) is 8.32. The van der Waals surface area contributed by atoms with Gasteiger partial charge in [-0.2, -0.15) is 4.72 Å². The van der Waals surface area contributed by atoms with Crippen molar-refractivity contribution in [1.29, 1.82) is 0 Å². The van der Waals surface area contributed by atoms with E-state index in [-0.39, 0.29) is 11.3 Å². The zero-order valence-corrected chi connectivity index (χ0v) is 13.2. The molecule has 0 aromatic heterocycles. The Morgan fingerprint density at radius 2 is 1.87 bits per heavy atom. The Hall–Kier alpha value is -2.25. The van der Waals surface area contributed by atoms with Crippen LogP contribution in [0.3, 0.4) is 0 Å². The van der Waals surface area contributed by atoms with Gasteiger partial charge in [0.1, 0.15) is 11.9 Å². The average Bonchev–Trinajstić information content (AvgIpc) is 2.46. The van der Waals surface area contributed by atoms with Gasteiger partial charge >= 0.3 is 5.97 Å². The van der Waals surface area contributed by atoms with Gasteiger partial charge in [-0.3, -0.25) is 4.79 Å². The van der Waals surface area contributed by atoms with E-state index < -0.39 is 27.9 Å². The van der Waals surface area contributed by atoms with Gasteiger partial charge in [0.15, 0.2) is 0 Å². The van der Waals surface area contributed by atoms with Crippen molar-refractivity contribution in [2.75, 3.05) is 0 Å². The molecule has 0 bridgehead atoms. The Bertz CT molecular complexity index is 803. The Kier molecular flexibility index (Phi) is 5.12. The molecule has 23 heavy (non-hydrogen) atoms. The van der Waals surface area contributed by atoms with Gasteiger partial charge < -0.3 is 5.11 Å². The van der Waals surface area contributed by atoms with Crippen molar-refractivity contribution in [2.45, 2.75) is 24.3 Å². The first kappa shape index (κ1) is 17.1. The third-order valence-corrected chi connectivity index (χ3v) is 4.74. The normalized spacial score (nSPS) is 12.8. The van der Waals surface area contributed by atoms with Gasteiger partial charge in [0.05, 0.1) is 4.90 Å². The van der Waals surface area contributed by atoms with Crippen LogP contribution in [0.2, 0.25) is 0 Å². The fourth-order valence-electron chi connectivity index (χ4n) is 2.05. The topological polar surface area (TPSA) is 83.5 Å². The fraction of sp³-hybridized carbons (Fsp3) is 0.188. The Balaban J connectivity index is 2.22. The average molecular weight is 337 g/mol. The molecule has 7 heteroatoms. The molecule has 0 aliphatic heterocycles. The summed E-state index contributed by atoms with van der Waals surface area (Å²) in [5.74, 6) is -1.84. The molecule has 0 fully saturated rings. The van der Waals surface area contributed by atoms with E-state index in [0.29, 0.717) is 5.56 Å². The maximum atomic E-state index is 13.2. The van der Waals surface area contributed by atoms with E-state index >= 15 is 0 Å². The summed E-state index contributed by atoms with van der Waals surface area (Å²) in [6.07, 6.45) is -0.155. The zero-order chi connectivity index (χ0) is 17.0. The highest BCUT2D eigenvalue weighted by molar-refractivity contribution is 7.89. The second kappa shape index (κ2) is 6.89. The lowest BCUT2D eigenvalue weighted by Gasteiger charge is -2.15. The lowest BCUT2D eigenvalue weighted by atomic mass is 10.1. The van der Waals surface area contributed by atoms with Crippen LogP contribution in [-0.2, 0) is 21.2 Å². The van der Waals surface area contributed by atoms with Crippen LogP contribution in [0.5, 0.6) is 0 Å². The van der Waals surface area contributed by atoms with Crippen LogP contribution in [0, 0.1) is 12.7 Å². The largest absolute Gasteiger partial charge is 0.480 e. The number of carbonyl (C=O) groups is 1. The van der Waals surface area contributed by atoms with Crippen molar-refractivity contribution in [2.24, 2.45) is 0 Å². The maximum absolute atomic E-state index is 13.2. The summed E-state index contributed by atoms with van der Waals surface area (Å²) >= 11 is 0. The van der Waals surface area contributed by atoms with Crippen LogP contribution in [0.4, 0.5) is 4.39 Å². The number of benzene rings is 2. The molecular weight excluding hydrogens is 321 g/mol. The molecule has 0 heterocycles. The SMILES string of the molecule is Cc1ccc(S(=O)(=O)N[C@H](Cc2cccc(F)c2)C(=O)O)cc1. The minimum atomic E-state index is -3.98. The van der Waals surface area contributed by atoms with E-state index in [0.717, 1.165) is 5.56 Å². The highest BCUT2D eigenvalue weighted by Gasteiger charge is 2.25. The summed E-state index contributed by atoms with van der Waals surface area (Å²) < 4.78 is 39.9. The fourth-order valence-corrected chi connectivity index (χ4v) is 3.24. The van der Waals surface area contributed by atoms with Crippen molar-refractivity contribution in [3.63, 3.8) is 0 Å². The van der Waals surface area contributed by atoms with E-state index in [9.17, 15) is 22.7 Å². The van der Waals surface area contributed by atoms with Gasteiger partial charge in [-0.15, -0.1) is 0 Å². The third-order valence-electron chi connectivity index (χ3n) is 3.26. The van der Waals surface area contributed by atoms with Gasteiger partial charge in [0.25, 0.3) is 0 Å². The molecule has 0 amide bonds. The molecule has 2 aromatic rings. The predicted octanol–water partition coefficient (Wildman–Crippen LogP) is 2.11. The molecule has 0 spiro atoms. The highest BCUT2D eigenvalue weighted by atomic mass is 32.2. The van der Waals surface area contributed by atoms with Crippen molar-refractivity contribution in [3.05, 3.63) is 65.5 Å². The second-order valence-electron chi connectivity index (χ2n) is 5.16. The van der Waals surface area contributed by atoms with Crippen molar-refractivity contribution in [1.82, 2.24) is 4.72 Å². The molecule has 2 rings (SSSR count).